The van der Waals surface area contributed by atoms with Crippen LogP contribution in [-0.2, 0) is 16.1 Å². The van der Waals surface area contributed by atoms with E-state index in [1.165, 1.54) is 0 Å². The molecule has 3 rings (SSSR count). The zero-order valence-corrected chi connectivity index (χ0v) is 15.6. The SMILES string of the molecule is CCCCN1C(=O)C(=O)N(Cc2cccc(C(=O)Nc3ccccc3)c2)C1=O. The third-order valence-corrected chi connectivity index (χ3v) is 4.43. The lowest BCUT2D eigenvalue weighted by Crippen LogP contribution is -2.33. The summed E-state index contributed by atoms with van der Waals surface area (Å²) < 4.78 is 0. The third kappa shape index (κ3) is 4.09. The van der Waals surface area contributed by atoms with Crippen molar-refractivity contribution in [3.8, 4) is 0 Å². The van der Waals surface area contributed by atoms with E-state index in [-0.39, 0.29) is 19.0 Å². The monoisotopic (exact) mass is 379 g/mol. The Morgan fingerprint density at radius 3 is 2.36 bits per heavy atom. The number of carbonyl (C=O) groups is 4. The summed E-state index contributed by atoms with van der Waals surface area (Å²) in [6.07, 6.45) is 1.46. The highest BCUT2D eigenvalue weighted by atomic mass is 16.2. The molecule has 0 saturated carbocycles. The van der Waals surface area contributed by atoms with Gasteiger partial charge < -0.3 is 5.32 Å². The highest BCUT2D eigenvalue weighted by molar-refractivity contribution is 6.44. The second kappa shape index (κ2) is 8.47. The highest BCUT2D eigenvalue weighted by Gasteiger charge is 2.43. The predicted molar refractivity (Wildman–Crippen MR) is 103 cm³/mol. The smallest absolute Gasteiger partial charge is 0.322 e. The van der Waals surface area contributed by atoms with Crippen molar-refractivity contribution in [3.63, 3.8) is 0 Å². The zero-order valence-electron chi connectivity index (χ0n) is 15.6. The first-order valence-corrected chi connectivity index (χ1v) is 9.14. The van der Waals surface area contributed by atoms with Crippen LogP contribution in [0.4, 0.5) is 10.5 Å². The minimum atomic E-state index is -0.833. The lowest BCUT2D eigenvalue weighted by atomic mass is 10.1. The van der Waals surface area contributed by atoms with Gasteiger partial charge in [0.05, 0.1) is 6.54 Å². The molecule has 28 heavy (non-hydrogen) atoms. The van der Waals surface area contributed by atoms with Gasteiger partial charge in [0.2, 0.25) is 0 Å². The fourth-order valence-corrected chi connectivity index (χ4v) is 2.92. The number of hydrogen-bond acceptors (Lipinski definition) is 4. The van der Waals surface area contributed by atoms with Crippen LogP contribution >= 0.6 is 0 Å². The molecule has 1 saturated heterocycles. The molecule has 144 valence electrons. The molecule has 1 fully saturated rings. The molecule has 1 aliphatic rings. The molecule has 5 amide bonds. The number of para-hydroxylation sites is 1. The normalized spacial score (nSPS) is 14.0. The van der Waals surface area contributed by atoms with Gasteiger partial charge in [0.25, 0.3) is 5.91 Å². The fraction of sp³-hybridized carbons (Fsp3) is 0.238. The van der Waals surface area contributed by atoms with Crippen LogP contribution < -0.4 is 5.32 Å². The average molecular weight is 379 g/mol. The number of urea groups is 1. The molecule has 2 aromatic carbocycles. The molecule has 0 aromatic heterocycles. The number of nitrogens with one attached hydrogen (secondary N) is 1. The molecule has 7 nitrogen and oxygen atoms in total. The Hall–Kier alpha value is -3.48. The summed E-state index contributed by atoms with van der Waals surface area (Å²) in [5, 5.41) is 2.79. The van der Waals surface area contributed by atoms with Gasteiger partial charge in [0, 0.05) is 17.8 Å². The van der Waals surface area contributed by atoms with Crippen LogP contribution in [0.3, 0.4) is 0 Å². The van der Waals surface area contributed by atoms with Crippen molar-refractivity contribution < 1.29 is 19.2 Å². The van der Waals surface area contributed by atoms with Crippen LogP contribution in [0.2, 0.25) is 0 Å². The molecule has 1 N–H and O–H groups in total. The molecule has 0 atom stereocenters. The third-order valence-electron chi connectivity index (χ3n) is 4.43. The number of amides is 5. The van der Waals surface area contributed by atoms with E-state index in [0.29, 0.717) is 23.2 Å². The predicted octanol–water partition coefficient (Wildman–Crippen LogP) is 3.03. The van der Waals surface area contributed by atoms with E-state index in [1.807, 2.05) is 25.1 Å². The molecule has 0 radical (unpaired) electrons. The average Bonchev–Trinajstić information content (AvgIpc) is 2.90. The first kappa shape index (κ1) is 19.3. The van der Waals surface area contributed by atoms with Crippen molar-refractivity contribution in [1.82, 2.24) is 9.80 Å². The second-order valence-corrected chi connectivity index (χ2v) is 6.50. The lowest BCUT2D eigenvalue weighted by molar-refractivity contribution is -0.143. The molecule has 7 heteroatoms. The first-order valence-electron chi connectivity index (χ1n) is 9.14. The maximum Gasteiger partial charge on any atom is 0.334 e. The molecular formula is C21H21N3O4. The van der Waals surface area contributed by atoms with E-state index in [9.17, 15) is 19.2 Å². The van der Waals surface area contributed by atoms with Gasteiger partial charge in [-0.05, 0) is 36.2 Å². The summed E-state index contributed by atoms with van der Waals surface area (Å²) in [4.78, 5) is 51.0. The summed E-state index contributed by atoms with van der Waals surface area (Å²) in [6, 6.07) is 15.1. The molecule has 0 aliphatic carbocycles. The summed E-state index contributed by atoms with van der Waals surface area (Å²) in [5.74, 6) is -1.93. The van der Waals surface area contributed by atoms with Crippen LogP contribution in [0.15, 0.2) is 54.6 Å². The van der Waals surface area contributed by atoms with Crippen LogP contribution in [0.5, 0.6) is 0 Å². The van der Waals surface area contributed by atoms with Crippen LogP contribution in [-0.4, -0.2) is 40.1 Å². The summed E-state index contributed by atoms with van der Waals surface area (Å²) in [5.41, 5.74) is 1.65. The highest BCUT2D eigenvalue weighted by Crippen LogP contribution is 2.18. The number of anilines is 1. The van der Waals surface area contributed by atoms with Gasteiger partial charge in [0.15, 0.2) is 0 Å². The number of hydrogen-bond donors (Lipinski definition) is 1. The quantitative estimate of drug-likeness (QED) is 0.592. The Kier molecular flexibility index (Phi) is 5.84. The lowest BCUT2D eigenvalue weighted by Gasteiger charge is -2.15. The fourth-order valence-electron chi connectivity index (χ4n) is 2.92. The van der Waals surface area contributed by atoms with Crippen molar-refractivity contribution in [2.45, 2.75) is 26.3 Å². The number of carbonyl (C=O) groups excluding carboxylic acids is 4. The van der Waals surface area contributed by atoms with E-state index in [4.69, 9.17) is 0 Å². The van der Waals surface area contributed by atoms with Crippen LogP contribution in [0.1, 0.15) is 35.7 Å². The zero-order chi connectivity index (χ0) is 20.1. The minimum Gasteiger partial charge on any atom is -0.322 e. The van der Waals surface area contributed by atoms with Gasteiger partial charge in [-0.15, -0.1) is 0 Å². The van der Waals surface area contributed by atoms with Gasteiger partial charge in [0.1, 0.15) is 0 Å². The van der Waals surface area contributed by atoms with E-state index < -0.39 is 17.8 Å². The van der Waals surface area contributed by atoms with E-state index in [2.05, 4.69) is 5.32 Å². The van der Waals surface area contributed by atoms with Gasteiger partial charge >= 0.3 is 17.8 Å². The Morgan fingerprint density at radius 2 is 1.64 bits per heavy atom. The Labute approximate surface area is 162 Å². The van der Waals surface area contributed by atoms with Crippen molar-refractivity contribution in [1.29, 1.82) is 0 Å². The van der Waals surface area contributed by atoms with Crippen LogP contribution in [0, 0.1) is 0 Å². The van der Waals surface area contributed by atoms with E-state index >= 15 is 0 Å². The molecule has 0 spiro atoms. The Morgan fingerprint density at radius 1 is 0.929 bits per heavy atom. The number of benzene rings is 2. The number of unbranched alkanes of at least 4 members (excludes halogenated alkanes) is 1. The topological polar surface area (TPSA) is 86.8 Å². The molecule has 2 aromatic rings. The number of rotatable bonds is 7. The van der Waals surface area contributed by atoms with Gasteiger partial charge in [-0.3, -0.25) is 24.2 Å². The summed E-state index contributed by atoms with van der Waals surface area (Å²) >= 11 is 0. The number of imide groups is 2. The largest absolute Gasteiger partial charge is 0.334 e. The van der Waals surface area contributed by atoms with Crippen molar-refractivity contribution >= 4 is 29.4 Å². The van der Waals surface area contributed by atoms with Gasteiger partial charge in [-0.1, -0.05) is 43.7 Å². The van der Waals surface area contributed by atoms with Gasteiger partial charge in [-0.25, -0.2) is 4.79 Å². The molecular weight excluding hydrogens is 358 g/mol. The molecule has 0 bridgehead atoms. The Balaban J connectivity index is 1.72. The van der Waals surface area contributed by atoms with Crippen molar-refractivity contribution in [2.75, 3.05) is 11.9 Å². The molecule has 1 heterocycles. The number of nitrogens with zero attached hydrogens (tertiary/aromatic N) is 2. The maximum absolute atomic E-state index is 12.4. The van der Waals surface area contributed by atoms with Gasteiger partial charge in [-0.2, -0.15) is 0 Å². The molecule has 0 unspecified atom stereocenters. The van der Waals surface area contributed by atoms with Crippen molar-refractivity contribution in [3.05, 3.63) is 65.7 Å². The van der Waals surface area contributed by atoms with E-state index in [1.54, 1.807) is 36.4 Å². The second-order valence-electron chi connectivity index (χ2n) is 6.50. The van der Waals surface area contributed by atoms with Crippen LogP contribution in [0.25, 0.3) is 0 Å². The Bertz CT molecular complexity index is 911. The first-order chi connectivity index (χ1) is 13.5. The molecule has 1 aliphatic heterocycles. The summed E-state index contributed by atoms with van der Waals surface area (Å²) in [7, 11) is 0. The maximum atomic E-state index is 12.4. The minimum absolute atomic E-state index is 0.0571. The van der Waals surface area contributed by atoms with E-state index in [0.717, 1.165) is 16.2 Å². The van der Waals surface area contributed by atoms with Crippen molar-refractivity contribution in [2.24, 2.45) is 0 Å². The standard InChI is InChI=1S/C21H21N3O4/c1-2-3-12-23-19(26)20(27)24(21(23)28)14-15-8-7-9-16(13-15)18(25)22-17-10-5-4-6-11-17/h4-11,13H,2-3,12,14H2,1H3,(H,22,25). The summed E-state index contributed by atoms with van der Waals surface area (Å²) in [6.45, 7) is 2.12.